The van der Waals surface area contributed by atoms with Crippen molar-refractivity contribution in [3.63, 3.8) is 0 Å². The zero-order valence-corrected chi connectivity index (χ0v) is 19.8. The molecule has 0 aromatic heterocycles. The fourth-order valence-corrected chi connectivity index (χ4v) is 4.88. The van der Waals surface area contributed by atoms with Gasteiger partial charge in [0.05, 0.1) is 24.8 Å². The highest BCUT2D eigenvalue weighted by molar-refractivity contribution is 7.89. The minimum Gasteiger partial charge on any atom is -0.497 e. The monoisotopic (exact) mass is 448 g/mol. The molecule has 1 amide bonds. The Hall–Kier alpha value is -2.58. The summed E-state index contributed by atoms with van der Waals surface area (Å²) >= 11 is 0. The lowest BCUT2D eigenvalue weighted by atomic mass is 10.2. The maximum atomic E-state index is 13.1. The van der Waals surface area contributed by atoms with E-state index in [1.165, 1.54) is 35.7 Å². The normalized spacial score (nSPS) is 11.8. The third kappa shape index (κ3) is 6.45. The standard InChI is InChI=1S/C23H32N2O5S/c1-16(2)14-25(15-17(3)4)31(27,28)20-10-7-18(8-11-20)23(26)24-21-12-9-19(29-5)13-22(21)30-6/h7-13,16-17H,14-15H2,1-6H3,(H,24,26). The first-order chi connectivity index (χ1) is 14.6. The molecule has 8 heteroatoms. The van der Waals surface area contributed by atoms with Crippen LogP contribution in [0.4, 0.5) is 5.69 Å². The summed E-state index contributed by atoms with van der Waals surface area (Å²) in [7, 11) is -0.591. The molecule has 170 valence electrons. The smallest absolute Gasteiger partial charge is 0.255 e. The molecule has 0 atom stereocenters. The van der Waals surface area contributed by atoms with Crippen LogP contribution in [0.1, 0.15) is 38.1 Å². The van der Waals surface area contributed by atoms with E-state index in [9.17, 15) is 13.2 Å². The second-order valence-corrected chi connectivity index (χ2v) is 10.1. The molecule has 2 aromatic rings. The van der Waals surface area contributed by atoms with Gasteiger partial charge in [0.15, 0.2) is 0 Å². The van der Waals surface area contributed by atoms with Crippen LogP contribution in [0.3, 0.4) is 0 Å². The molecule has 0 aliphatic heterocycles. The lowest BCUT2D eigenvalue weighted by Crippen LogP contribution is -2.37. The summed E-state index contributed by atoms with van der Waals surface area (Å²) in [4.78, 5) is 12.8. The van der Waals surface area contributed by atoms with Crippen molar-refractivity contribution >= 4 is 21.6 Å². The van der Waals surface area contributed by atoms with Gasteiger partial charge >= 0.3 is 0 Å². The number of anilines is 1. The summed E-state index contributed by atoms with van der Waals surface area (Å²) in [5.41, 5.74) is 0.834. The van der Waals surface area contributed by atoms with Crippen LogP contribution in [0, 0.1) is 11.8 Å². The molecule has 0 fully saturated rings. The fraction of sp³-hybridized carbons (Fsp3) is 0.435. The summed E-state index contributed by atoms with van der Waals surface area (Å²) in [6.07, 6.45) is 0. The zero-order valence-electron chi connectivity index (χ0n) is 19.0. The number of hydrogen-bond donors (Lipinski definition) is 1. The highest BCUT2D eigenvalue weighted by Crippen LogP contribution is 2.29. The number of carbonyl (C=O) groups is 1. The van der Waals surface area contributed by atoms with Crippen molar-refractivity contribution < 1.29 is 22.7 Å². The van der Waals surface area contributed by atoms with Crippen LogP contribution in [-0.4, -0.2) is 45.9 Å². The van der Waals surface area contributed by atoms with E-state index < -0.39 is 10.0 Å². The number of rotatable bonds is 10. The summed E-state index contributed by atoms with van der Waals surface area (Å²) in [5.74, 6) is 1.12. The van der Waals surface area contributed by atoms with Crippen LogP contribution in [0.2, 0.25) is 0 Å². The number of ether oxygens (including phenoxy) is 2. The van der Waals surface area contributed by atoms with Crippen molar-refractivity contribution in [3.05, 3.63) is 48.0 Å². The second-order valence-electron chi connectivity index (χ2n) is 8.15. The number of hydrogen-bond acceptors (Lipinski definition) is 5. The van der Waals surface area contributed by atoms with E-state index in [-0.39, 0.29) is 22.6 Å². The van der Waals surface area contributed by atoms with Crippen molar-refractivity contribution in [2.24, 2.45) is 11.8 Å². The Morgan fingerprint density at radius 2 is 1.52 bits per heavy atom. The van der Waals surface area contributed by atoms with E-state index in [0.717, 1.165) is 0 Å². The quantitative estimate of drug-likeness (QED) is 0.587. The first-order valence-corrected chi connectivity index (χ1v) is 11.7. The Bertz CT molecular complexity index is 976. The molecule has 2 aromatic carbocycles. The fourth-order valence-electron chi connectivity index (χ4n) is 3.11. The number of methoxy groups -OCH3 is 2. The van der Waals surface area contributed by atoms with Crippen LogP contribution in [0.5, 0.6) is 11.5 Å². The van der Waals surface area contributed by atoms with Gasteiger partial charge in [-0.1, -0.05) is 27.7 Å². The van der Waals surface area contributed by atoms with Gasteiger partial charge in [-0.3, -0.25) is 4.79 Å². The third-order valence-electron chi connectivity index (χ3n) is 4.55. The lowest BCUT2D eigenvalue weighted by molar-refractivity contribution is 0.102. The summed E-state index contributed by atoms with van der Waals surface area (Å²) in [6.45, 7) is 8.85. The third-order valence-corrected chi connectivity index (χ3v) is 6.39. The minimum atomic E-state index is -3.64. The van der Waals surface area contributed by atoms with E-state index in [2.05, 4.69) is 5.32 Å². The molecule has 0 saturated carbocycles. The topological polar surface area (TPSA) is 84.9 Å². The van der Waals surface area contributed by atoms with E-state index in [1.807, 2.05) is 27.7 Å². The van der Waals surface area contributed by atoms with Gasteiger partial charge in [-0.25, -0.2) is 8.42 Å². The Morgan fingerprint density at radius 1 is 0.935 bits per heavy atom. The molecule has 7 nitrogen and oxygen atoms in total. The molecular weight excluding hydrogens is 416 g/mol. The summed E-state index contributed by atoms with van der Waals surface area (Å²) in [5, 5.41) is 2.78. The molecule has 0 aliphatic rings. The molecule has 1 N–H and O–H groups in total. The molecule has 0 aliphatic carbocycles. The predicted octanol–water partition coefficient (Wildman–Crippen LogP) is 4.26. The van der Waals surface area contributed by atoms with Gasteiger partial charge in [0.25, 0.3) is 5.91 Å². The van der Waals surface area contributed by atoms with Crippen LogP contribution < -0.4 is 14.8 Å². The molecular formula is C23H32N2O5S. The van der Waals surface area contributed by atoms with Crippen molar-refractivity contribution in [2.45, 2.75) is 32.6 Å². The van der Waals surface area contributed by atoms with E-state index in [0.29, 0.717) is 35.8 Å². The highest BCUT2D eigenvalue weighted by Gasteiger charge is 2.26. The van der Waals surface area contributed by atoms with Gasteiger partial charge in [0.1, 0.15) is 11.5 Å². The molecule has 0 unspecified atom stereocenters. The van der Waals surface area contributed by atoms with Gasteiger partial charge in [0, 0.05) is 24.7 Å². The van der Waals surface area contributed by atoms with Crippen LogP contribution in [0.15, 0.2) is 47.4 Å². The SMILES string of the molecule is COc1ccc(NC(=O)c2ccc(S(=O)(=O)N(CC(C)C)CC(C)C)cc2)c(OC)c1. The number of amides is 1. The molecule has 0 bridgehead atoms. The van der Waals surface area contributed by atoms with Crippen molar-refractivity contribution in [1.29, 1.82) is 0 Å². The molecule has 31 heavy (non-hydrogen) atoms. The predicted molar refractivity (Wildman–Crippen MR) is 122 cm³/mol. The van der Waals surface area contributed by atoms with Crippen LogP contribution in [0.25, 0.3) is 0 Å². The van der Waals surface area contributed by atoms with Gasteiger partial charge in [-0.2, -0.15) is 4.31 Å². The number of carbonyl (C=O) groups excluding carboxylic acids is 1. The van der Waals surface area contributed by atoms with Crippen molar-refractivity contribution in [3.8, 4) is 11.5 Å². The molecule has 2 rings (SSSR count). The average Bonchev–Trinajstić information content (AvgIpc) is 2.72. The average molecular weight is 449 g/mol. The highest BCUT2D eigenvalue weighted by atomic mass is 32.2. The summed E-state index contributed by atoms with van der Waals surface area (Å²) < 4.78 is 38.2. The van der Waals surface area contributed by atoms with Gasteiger partial charge in [-0.05, 0) is 48.2 Å². The number of nitrogens with one attached hydrogen (secondary N) is 1. The zero-order chi connectivity index (χ0) is 23.2. The minimum absolute atomic E-state index is 0.173. The molecule has 0 saturated heterocycles. The van der Waals surface area contributed by atoms with Crippen LogP contribution >= 0.6 is 0 Å². The number of nitrogens with zero attached hydrogens (tertiary/aromatic N) is 1. The van der Waals surface area contributed by atoms with Gasteiger partial charge in [-0.15, -0.1) is 0 Å². The number of sulfonamides is 1. The number of benzene rings is 2. The van der Waals surface area contributed by atoms with Crippen molar-refractivity contribution in [1.82, 2.24) is 4.31 Å². The maximum Gasteiger partial charge on any atom is 0.255 e. The van der Waals surface area contributed by atoms with Crippen molar-refractivity contribution in [2.75, 3.05) is 32.6 Å². The largest absolute Gasteiger partial charge is 0.497 e. The van der Waals surface area contributed by atoms with Crippen LogP contribution in [-0.2, 0) is 10.0 Å². The van der Waals surface area contributed by atoms with E-state index in [1.54, 1.807) is 25.3 Å². The maximum absolute atomic E-state index is 13.1. The lowest BCUT2D eigenvalue weighted by Gasteiger charge is -2.25. The molecule has 0 heterocycles. The first kappa shape index (κ1) is 24.7. The second kappa shape index (κ2) is 10.6. The Kier molecular flexibility index (Phi) is 8.47. The Labute approximate surface area is 185 Å². The van der Waals surface area contributed by atoms with Gasteiger partial charge in [0.2, 0.25) is 10.0 Å². The van der Waals surface area contributed by atoms with E-state index >= 15 is 0 Å². The summed E-state index contributed by atoms with van der Waals surface area (Å²) in [6, 6.07) is 11.0. The Balaban J connectivity index is 2.23. The van der Waals surface area contributed by atoms with E-state index in [4.69, 9.17) is 9.47 Å². The Morgan fingerprint density at radius 3 is 2.00 bits per heavy atom. The first-order valence-electron chi connectivity index (χ1n) is 10.2. The molecule has 0 radical (unpaired) electrons. The molecule has 0 spiro atoms. The van der Waals surface area contributed by atoms with Gasteiger partial charge < -0.3 is 14.8 Å².